The first-order chi connectivity index (χ1) is 12.8. The Kier molecular flexibility index (Phi) is 6.79. The normalized spacial score (nSPS) is 11.3. The van der Waals surface area contributed by atoms with Gasteiger partial charge in [0.2, 0.25) is 0 Å². The van der Waals surface area contributed by atoms with Crippen LogP contribution in [0.25, 0.3) is 11.3 Å². The lowest BCUT2D eigenvalue weighted by Gasteiger charge is -2.11. The minimum Gasteiger partial charge on any atom is -0.357 e. The Bertz CT molecular complexity index is 813. The van der Waals surface area contributed by atoms with Gasteiger partial charge in [0.15, 0.2) is 5.96 Å². The number of pyridine rings is 1. The molecule has 0 saturated carbocycles. The molecule has 4 nitrogen and oxygen atoms in total. The first-order valence-electron chi connectivity index (χ1n) is 8.90. The molecule has 3 rings (SSSR count). The van der Waals surface area contributed by atoms with Crippen LogP contribution in [0.5, 0.6) is 0 Å². The molecule has 0 amide bonds. The Morgan fingerprint density at radius 2 is 2.04 bits per heavy atom. The number of nitrogens with zero attached hydrogens (tertiary/aromatic N) is 2. The Morgan fingerprint density at radius 3 is 2.81 bits per heavy atom. The van der Waals surface area contributed by atoms with E-state index in [1.165, 1.54) is 10.4 Å². The Balaban J connectivity index is 1.61. The molecule has 1 aromatic carbocycles. The van der Waals surface area contributed by atoms with E-state index in [2.05, 4.69) is 64.3 Å². The summed E-state index contributed by atoms with van der Waals surface area (Å²) in [4.78, 5) is 10.5. The summed E-state index contributed by atoms with van der Waals surface area (Å²) in [5, 5.41) is 8.83. The summed E-state index contributed by atoms with van der Waals surface area (Å²) in [6, 6.07) is 18.6. The predicted molar refractivity (Wildman–Crippen MR) is 111 cm³/mol. The average molecular weight is 365 g/mol. The van der Waals surface area contributed by atoms with Gasteiger partial charge in [-0.3, -0.25) is 4.98 Å². The largest absolute Gasteiger partial charge is 0.357 e. The van der Waals surface area contributed by atoms with E-state index in [9.17, 15) is 0 Å². The monoisotopic (exact) mass is 364 g/mol. The van der Waals surface area contributed by atoms with Crippen molar-refractivity contribution in [2.24, 2.45) is 4.99 Å². The quantitative estimate of drug-likeness (QED) is 0.490. The first kappa shape index (κ1) is 18.1. The molecule has 0 unspecified atom stereocenters. The van der Waals surface area contributed by atoms with Crippen LogP contribution in [0, 0.1) is 0 Å². The smallest absolute Gasteiger partial charge is 0.191 e. The molecular formula is C21H24N4S. The van der Waals surface area contributed by atoms with Crippen molar-refractivity contribution >= 4 is 17.3 Å². The summed E-state index contributed by atoms with van der Waals surface area (Å²) in [6.45, 7) is 4.44. The van der Waals surface area contributed by atoms with Crippen LogP contribution in [0.1, 0.15) is 17.4 Å². The van der Waals surface area contributed by atoms with Gasteiger partial charge in [-0.05, 0) is 48.6 Å². The van der Waals surface area contributed by atoms with Gasteiger partial charge in [-0.1, -0.05) is 30.3 Å². The number of hydrogen-bond acceptors (Lipinski definition) is 3. The topological polar surface area (TPSA) is 49.3 Å². The summed E-state index contributed by atoms with van der Waals surface area (Å²) in [5.74, 6) is 0.854. The molecule has 0 aliphatic heterocycles. The van der Waals surface area contributed by atoms with Crippen LogP contribution in [0.15, 0.2) is 71.2 Å². The zero-order valence-corrected chi connectivity index (χ0v) is 15.8. The number of aliphatic imine (C=N–C) groups is 1. The van der Waals surface area contributed by atoms with Gasteiger partial charge in [0.25, 0.3) is 0 Å². The second-order valence-corrected chi connectivity index (χ2v) is 6.90. The number of hydrogen-bond donors (Lipinski definition) is 2. The van der Waals surface area contributed by atoms with Gasteiger partial charge >= 0.3 is 0 Å². The zero-order valence-electron chi connectivity index (χ0n) is 15.0. The van der Waals surface area contributed by atoms with Crippen LogP contribution in [0.3, 0.4) is 0 Å². The molecule has 0 radical (unpaired) electrons. The average Bonchev–Trinajstić information content (AvgIpc) is 3.20. The summed E-state index contributed by atoms with van der Waals surface area (Å²) in [7, 11) is 0. The second kappa shape index (κ2) is 9.73. The minimum absolute atomic E-state index is 0.634. The molecule has 0 fully saturated rings. The van der Waals surface area contributed by atoms with Crippen molar-refractivity contribution in [3.63, 3.8) is 0 Å². The minimum atomic E-state index is 0.634. The lowest BCUT2D eigenvalue weighted by molar-refractivity contribution is 0.804. The number of thiophene rings is 1. The van der Waals surface area contributed by atoms with E-state index in [0.717, 1.165) is 36.7 Å². The maximum atomic E-state index is 4.71. The van der Waals surface area contributed by atoms with Crippen molar-refractivity contribution in [2.45, 2.75) is 19.9 Å². The maximum Gasteiger partial charge on any atom is 0.191 e. The van der Waals surface area contributed by atoms with Crippen LogP contribution in [0.4, 0.5) is 0 Å². The molecule has 5 heteroatoms. The molecule has 2 heterocycles. The number of guanidine groups is 1. The van der Waals surface area contributed by atoms with Crippen molar-refractivity contribution in [1.82, 2.24) is 15.6 Å². The van der Waals surface area contributed by atoms with E-state index in [0.29, 0.717) is 6.54 Å². The van der Waals surface area contributed by atoms with E-state index in [4.69, 9.17) is 4.99 Å². The SMILES string of the molecule is CCNC(=NCc1cccc(-c2ccccn2)c1)NCCc1cccs1. The van der Waals surface area contributed by atoms with Crippen LogP contribution < -0.4 is 10.6 Å². The van der Waals surface area contributed by atoms with Crippen molar-refractivity contribution in [2.75, 3.05) is 13.1 Å². The fourth-order valence-electron chi connectivity index (χ4n) is 2.63. The van der Waals surface area contributed by atoms with Gasteiger partial charge in [0, 0.05) is 29.7 Å². The molecule has 0 atom stereocenters. The predicted octanol–water partition coefficient (Wildman–Crippen LogP) is 4.11. The molecule has 26 heavy (non-hydrogen) atoms. The van der Waals surface area contributed by atoms with Gasteiger partial charge in [-0.2, -0.15) is 0 Å². The van der Waals surface area contributed by atoms with Crippen LogP contribution in [0.2, 0.25) is 0 Å². The molecule has 134 valence electrons. The molecule has 0 saturated heterocycles. The Hall–Kier alpha value is -2.66. The maximum absolute atomic E-state index is 4.71. The van der Waals surface area contributed by atoms with Crippen LogP contribution in [-0.4, -0.2) is 24.0 Å². The third-order valence-electron chi connectivity index (χ3n) is 3.90. The molecule has 0 spiro atoms. The highest BCUT2D eigenvalue weighted by Gasteiger charge is 2.02. The molecule has 3 aromatic rings. The van der Waals surface area contributed by atoms with E-state index >= 15 is 0 Å². The zero-order chi connectivity index (χ0) is 18.0. The van der Waals surface area contributed by atoms with E-state index in [1.807, 2.05) is 24.4 Å². The molecule has 2 aromatic heterocycles. The molecule has 0 bridgehead atoms. The Morgan fingerprint density at radius 1 is 1.08 bits per heavy atom. The number of nitrogens with one attached hydrogen (secondary N) is 2. The van der Waals surface area contributed by atoms with Gasteiger partial charge in [-0.15, -0.1) is 11.3 Å². The molecular weight excluding hydrogens is 340 g/mol. The summed E-state index contributed by atoms with van der Waals surface area (Å²) in [6.07, 6.45) is 2.83. The highest BCUT2D eigenvalue weighted by atomic mass is 32.1. The van der Waals surface area contributed by atoms with Gasteiger partial charge < -0.3 is 10.6 Å². The second-order valence-electron chi connectivity index (χ2n) is 5.87. The van der Waals surface area contributed by atoms with Gasteiger partial charge in [0.1, 0.15) is 0 Å². The number of benzene rings is 1. The fourth-order valence-corrected chi connectivity index (χ4v) is 3.34. The molecule has 0 aliphatic rings. The van der Waals surface area contributed by atoms with E-state index < -0.39 is 0 Å². The summed E-state index contributed by atoms with van der Waals surface area (Å²) >= 11 is 1.79. The number of rotatable bonds is 7. The van der Waals surface area contributed by atoms with Crippen molar-refractivity contribution in [3.8, 4) is 11.3 Å². The molecule has 0 aliphatic carbocycles. The van der Waals surface area contributed by atoms with Crippen molar-refractivity contribution in [1.29, 1.82) is 0 Å². The molecule has 2 N–H and O–H groups in total. The van der Waals surface area contributed by atoms with E-state index in [1.54, 1.807) is 11.3 Å². The lowest BCUT2D eigenvalue weighted by atomic mass is 10.1. The Labute approximate surface area is 159 Å². The third kappa shape index (κ3) is 5.43. The van der Waals surface area contributed by atoms with E-state index in [-0.39, 0.29) is 0 Å². The highest BCUT2D eigenvalue weighted by Crippen LogP contribution is 2.18. The van der Waals surface area contributed by atoms with Gasteiger partial charge in [-0.25, -0.2) is 4.99 Å². The summed E-state index contributed by atoms with van der Waals surface area (Å²) < 4.78 is 0. The fraction of sp³-hybridized carbons (Fsp3) is 0.238. The van der Waals surface area contributed by atoms with Gasteiger partial charge in [0.05, 0.1) is 12.2 Å². The highest BCUT2D eigenvalue weighted by molar-refractivity contribution is 7.09. The number of aromatic nitrogens is 1. The summed E-state index contributed by atoms with van der Waals surface area (Å²) in [5.41, 5.74) is 3.27. The standard InChI is InChI=1S/C21H24N4S/c1-2-22-21(24-13-11-19-9-6-14-26-19)25-16-17-7-5-8-18(15-17)20-10-3-4-12-23-20/h3-10,12,14-15H,2,11,13,16H2,1H3,(H2,22,24,25). The lowest BCUT2D eigenvalue weighted by Crippen LogP contribution is -2.38. The van der Waals surface area contributed by atoms with Crippen LogP contribution in [-0.2, 0) is 13.0 Å². The van der Waals surface area contributed by atoms with Crippen molar-refractivity contribution in [3.05, 3.63) is 76.6 Å². The van der Waals surface area contributed by atoms with Crippen molar-refractivity contribution < 1.29 is 0 Å². The first-order valence-corrected chi connectivity index (χ1v) is 9.78. The van der Waals surface area contributed by atoms with Crippen LogP contribution >= 0.6 is 11.3 Å². The third-order valence-corrected chi connectivity index (χ3v) is 4.83.